The summed E-state index contributed by atoms with van der Waals surface area (Å²) in [6.07, 6.45) is 1.97. The van der Waals surface area contributed by atoms with Crippen molar-refractivity contribution in [2.45, 2.75) is 46.1 Å². The van der Waals surface area contributed by atoms with Gasteiger partial charge in [-0.3, -0.25) is 0 Å². The smallest absolute Gasteiger partial charge is 0.119 e. The largest absolute Gasteiger partial charge is 0.367 e. The molecule has 0 spiro atoms. The number of aryl methyl sites for hydroxylation is 2. The number of nitrogens with zero attached hydrogens (tertiary/aromatic N) is 1. The van der Waals surface area contributed by atoms with Crippen molar-refractivity contribution in [2.75, 3.05) is 5.32 Å². The fraction of sp³-hybridized carbons (Fsp3) is 0.500. The van der Waals surface area contributed by atoms with Crippen molar-refractivity contribution in [2.24, 2.45) is 0 Å². The van der Waals surface area contributed by atoms with Gasteiger partial charge in [0.1, 0.15) is 5.54 Å². The van der Waals surface area contributed by atoms with Gasteiger partial charge in [-0.15, -0.1) is 0 Å². The van der Waals surface area contributed by atoms with E-state index in [9.17, 15) is 0 Å². The monoisotopic (exact) mass is 216 g/mol. The standard InChI is InChI=1S/C14H20N2/c1-5-11-8-7-9-12(6-2)13(11)16-14(3,4)10-15/h7-9,16H,5-6H2,1-4H3. The second-order valence-electron chi connectivity index (χ2n) is 4.52. The number of rotatable bonds is 4. The minimum atomic E-state index is -0.519. The molecule has 0 unspecified atom stereocenters. The van der Waals surface area contributed by atoms with Gasteiger partial charge in [-0.05, 0) is 37.8 Å². The summed E-state index contributed by atoms with van der Waals surface area (Å²) >= 11 is 0. The van der Waals surface area contributed by atoms with Gasteiger partial charge in [0.25, 0.3) is 0 Å². The van der Waals surface area contributed by atoms with Crippen molar-refractivity contribution < 1.29 is 0 Å². The highest BCUT2D eigenvalue weighted by atomic mass is 15.0. The topological polar surface area (TPSA) is 35.8 Å². The molecule has 0 saturated carbocycles. The summed E-state index contributed by atoms with van der Waals surface area (Å²) in [5.41, 5.74) is 3.18. The molecule has 0 aliphatic heterocycles. The van der Waals surface area contributed by atoms with Crippen molar-refractivity contribution >= 4 is 5.69 Å². The van der Waals surface area contributed by atoms with Crippen LogP contribution in [0.2, 0.25) is 0 Å². The van der Waals surface area contributed by atoms with Gasteiger partial charge < -0.3 is 5.32 Å². The summed E-state index contributed by atoms with van der Waals surface area (Å²) in [5.74, 6) is 0. The molecule has 0 heterocycles. The Hall–Kier alpha value is -1.49. The highest BCUT2D eigenvalue weighted by Crippen LogP contribution is 2.25. The Morgan fingerprint density at radius 1 is 1.19 bits per heavy atom. The average Bonchev–Trinajstić information content (AvgIpc) is 2.29. The predicted molar refractivity (Wildman–Crippen MR) is 68.5 cm³/mol. The van der Waals surface area contributed by atoms with Crippen molar-refractivity contribution in [3.05, 3.63) is 29.3 Å². The molecule has 0 aromatic heterocycles. The Balaban J connectivity index is 3.15. The van der Waals surface area contributed by atoms with E-state index in [2.05, 4.69) is 43.4 Å². The first-order chi connectivity index (χ1) is 7.54. The zero-order valence-corrected chi connectivity index (χ0v) is 10.6. The molecular formula is C14H20N2. The summed E-state index contributed by atoms with van der Waals surface area (Å²) in [5, 5.41) is 12.4. The number of anilines is 1. The van der Waals surface area contributed by atoms with Gasteiger partial charge in [0.05, 0.1) is 6.07 Å². The molecule has 0 radical (unpaired) electrons. The first-order valence-electron chi connectivity index (χ1n) is 5.84. The number of nitrogens with one attached hydrogen (secondary N) is 1. The first-order valence-corrected chi connectivity index (χ1v) is 5.84. The van der Waals surface area contributed by atoms with E-state index < -0.39 is 5.54 Å². The van der Waals surface area contributed by atoms with Gasteiger partial charge in [0.2, 0.25) is 0 Å². The van der Waals surface area contributed by atoms with Gasteiger partial charge in [0.15, 0.2) is 0 Å². The normalized spacial score (nSPS) is 10.9. The second kappa shape index (κ2) is 5.03. The molecule has 1 rings (SSSR count). The Morgan fingerprint density at radius 3 is 2.06 bits per heavy atom. The maximum absolute atomic E-state index is 9.07. The number of hydrogen-bond donors (Lipinski definition) is 1. The molecule has 0 atom stereocenters. The van der Waals surface area contributed by atoms with Crippen molar-refractivity contribution in [1.29, 1.82) is 5.26 Å². The fourth-order valence-corrected chi connectivity index (χ4v) is 1.74. The molecular weight excluding hydrogens is 196 g/mol. The third kappa shape index (κ3) is 2.76. The number of para-hydroxylation sites is 1. The molecule has 86 valence electrons. The lowest BCUT2D eigenvalue weighted by molar-refractivity contribution is 0.724. The van der Waals surface area contributed by atoms with Gasteiger partial charge in [0, 0.05) is 5.69 Å². The molecule has 0 bridgehead atoms. The Kier molecular flexibility index (Phi) is 3.95. The average molecular weight is 216 g/mol. The van der Waals surface area contributed by atoms with Crippen LogP contribution in [0.4, 0.5) is 5.69 Å². The van der Waals surface area contributed by atoms with Crippen LogP contribution in [0.3, 0.4) is 0 Å². The molecule has 1 N–H and O–H groups in total. The van der Waals surface area contributed by atoms with Crippen LogP contribution < -0.4 is 5.32 Å². The van der Waals surface area contributed by atoms with Crippen molar-refractivity contribution in [1.82, 2.24) is 0 Å². The molecule has 0 saturated heterocycles. The maximum atomic E-state index is 9.07. The Morgan fingerprint density at radius 2 is 1.69 bits per heavy atom. The van der Waals surface area contributed by atoms with E-state index >= 15 is 0 Å². The highest BCUT2D eigenvalue weighted by Gasteiger charge is 2.18. The van der Waals surface area contributed by atoms with E-state index in [1.807, 2.05) is 13.8 Å². The lowest BCUT2D eigenvalue weighted by Gasteiger charge is -2.23. The van der Waals surface area contributed by atoms with Gasteiger partial charge in [-0.1, -0.05) is 32.0 Å². The van der Waals surface area contributed by atoms with E-state index in [1.54, 1.807) is 0 Å². The zero-order chi connectivity index (χ0) is 12.2. The SMILES string of the molecule is CCc1cccc(CC)c1NC(C)(C)C#N. The molecule has 0 aliphatic rings. The summed E-state index contributed by atoms with van der Waals surface area (Å²) in [4.78, 5) is 0. The van der Waals surface area contributed by atoms with Crippen LogP contribution in [0, 0.1) is 11.3 Å². The number of benzene rings is 1. The first kappa shape index (κ1) is 12.6. The number of hydrogen-bond acceptors (Lipinski definition) is 2. The predicted octanol–water partition coefficient (Wildman–Crippen LogP) is 3.53. The van der Waals surface area contributed by atoms with Crippen molar-refractivity contribution in [3.8, 4) is 6.07 Å². The molecule has 0 amide bonds. The van der Waals surface area contributed by atoms with E-state index in [0.717, 1.165) is 18.5 Å². The molecule has 1 aromatic rings. The van der Waals surface area contributed by atoms with Gasteiger partial charge in [-0.2, -0.15) is 5.26 Å². The van der Waals surface area contributed by atoms with Crippen LogP contribution in [0.1, 0.15) is 38.8 Å². The summed E-state index contributed by atoms with van der Waals surface area (Å²) in [7, 11) is 0. The third-order valence-corrected chi connectivity index (χ3v) is 2.72. The van der Waals surface area contributed by atoms with Crippen molar-refractivity contribution in [3.63, 3.8) is 0 Å². The highest BCUT2D eigenvalue weighted by molar-refractivity contribution is 5.60. The van der Waals surface area contributed by atoms with E-state index in [0.29, 0.717) is 0 Å². The van der Waals surface area contributed by atoms with Gasteiger partial charge >= 0.3 is 0 Å². The van der Waals surface area contributed by atoms with E-state index in [1.165, 1.54) is 11.1 Å². The summed E-state index contributed by atoms with van der Waals surface area (Å²) < 4.78 is 0. The number of nitriles is 1. The maximum Gasteiger partial charge on any atom is 0.119 e. The molecule has 2 heteroatoms. The zero-order valence-electron chi connectivity index (χ0n) is 10.6. The summed E-state index contributed by atoms with van der Waals surface area (Å²) in [6, 6.07) is 8.61. The van der Waals surface area contributed by atoms with Crippen LogP contribution in [0.5, 0.6) is 0 Å². The Bertz CT molecular complexity index is 377. The van der Waals surface area contributed by atoms with Gasteiger partial charge in [-0.25, -0.2) is 0 Å². The van der Waals surface area contributed by atoms with Crippen LogP contribution in [0.25, 0.3) is 0 Å². The quantitative estimate of drug-likeness (QED) is 0.835. The molecule has 1 aromatic carbocycles. The second-order valence-corrected chi connectivity index (χ2v) is 4.52. The fourth-order valence-electron chi connectivity index (χ4n) is 1.74. The minimum Gasteiger partial charge on any atom is -0.367 e. The molecule has 2 nitrogen and oxygen atoms in total. The lowest BCUT2D eigenvalue weighted by atomic mass is 9.99. The van der Waals surface area contributed by atoms with E-state index in [4.69, 9.17) is 5.26 Å². The Labute approximate surface area is 98.3 Å². The van der Waals surface area contributed by atoms with Crippen LogP contribution >= 0.6 is 0 Å². The van der Waals surface area contributed by atoms with Crippen LogP contribution in [-0.4, -0.2) is 5.54 Å². The minimum absolute atomic E-state index is 0.519. The third-order valence-electron chi connectivity index (χ3n) is 2.72. The van der Waals surface area contributed by atoms with Crippen LogP contribution in [-0.2, 0) is 12.8 Å². The molecule has 0 aliphatic carbocycles. The molecule has 0 fully saturated rings. The summed E-state index contributed by atoms with van der Waals surface area (Å²) in [6.45, 7) is 8.08. The molecule has 16 heavy (non-hydrogen) atoms. The lowest BCUT2D eigenvalue weighted by Crippen LogP contribution is -2.29. The van der Waals surface area contributed by atoms with Crippen LogP contribution in [0.15, 0.2) is 18.2 Å². The van der Waals surface area contributed by atoms with E-state index in [-0.39, 0.29) is 0 Å².